The fraction of sp³-hybridized carbons (Fsp3) is 0.346. The van der Waals surface area contributed by atoms with Crippen LogP contribution in [-0.2, 0) is 16.0 Å². The van der Waals surface area contributed by atoms with Gasteiger partial charge in [0.1, 0.15) is 6.04 Å². The summed E-state index contributed by atoms with van der Waals surface area (Å²) >= 11 is 0. The first-order valence-electron chi connectivity index (χ1n) is 12.2. The van der Waals surface area contributed by atoms with Gasteiger partial charge in [0.15, 0.2) is 11.5 Å². The molecule has 2 atom stereocenters. The average molecular weight is 488 g/mol. The standard InChI is InChI=1S/C26H29N7O3/c1-16(2)13-20(24-31-30-22-9-5-6-11-32(22)24)28-23(34)14-21-25(35)33(26(36)29-21)12-10-17-15-27-19-8-4-3-7-18(17)19/h3-9,11,15-16,20-21,27H,10,12-14H2,1-2H3,(H,28,34)(H,29,36)/t20-,21+/m0/s1. The topological polar surface area (TPSA) is 124 Å². The van der Waals surface area contributed by atoms with Crippen LogP contribution in [0, 0.1) is 5.92 Å². The Morgan fingerprint density at radius 3 is 2.75 bits per heavy atom. The number of carbonyl (C=O) groups excluding carboxylic acids is 3. The van der Waals surface area contributed by atoms with Gasteiger partial charge in [0, 0.05) is 29.8 Å². The second-order valence-corrected chi connectivity index (χ2v) is 9.54. The van der Waals surface area contributed by atoms with Gasteiger partial charge in [-0.1, -0.05) is 38.1 Å². The third-order valence-electron chi connectivity index (χ3n) is 6.47. The van der Waals surface area contributed by atoms with Crippen molar-refractivity contribution in [2.24, 2.45) is 5.92 Å². The number of H-pyrrole nitrogens is 1. The Labute approximate surface area is 208 Å². The van der Waals surface area contributed by atoms with Gasteiger partial charge in [0.05, 0.1) is 12.5 Å². The number of aromatic nitrogens is 4. The number of nitrogens with one attached hydrogen (secondary N) is 3. The Hall–Kier alpha value is -4.21. The van der Waals surface area contributed by atoms with Crippen LogP contribution in [0.25, 0.3) is 16.6 Å². The Balaban J connectivity index is 1.23. The number of benzene rings is 1. The number of nitrogens with zero attached hydrogens (tertiary/aromatic N) is 4. The molecule has 10 heteroatoms. The lowest BCUT2D eigenvalue weighted by Crippen LogP contribution is -2.38. The summed E-state index contributed by atoms with van der Waals surface area (Å²) < 4.78 is 1.85. The molecule has 0 unspecified atom stereocenters. The smallest absolute Gasteiger partial charge is 0.324 e. The van der Waals surface area contributed by atoms with Crippen molar-refractivity contribution < 1.29 is 14.4 Å². The zero-order valence-corrected chi connectivity index (χ0v) is 20.3. The summed E-state index contributed by atoms with van der Waals surface area (Å²) in [4.78, 5) is 42.9. The highest BCUT2D eigenvalue weighted by atomic mass is 16.2. The summed E-state index contributed by atoms with van der Waals surface area (Å²) in [7, 11) is 0. The van der Waals surface area contributed by atoms with Gasteiger partial charge in [0.2, 0.25) is 5.91 Å². The van der Waals surface area contributed by atoms with E-state index in [1.807, 2.05) is 59.3 Å². The van der Waals surface area contributed by atoms with Crippen molar-refractivity contribution in [1.82, 2.24) is 35.1 Å². The van der Waals surface area contributed by atoms with Crippen molar-refractivity contribution in [3.05, 3.63) is 66.2 Å². The molecule has 5 rings (SSSR count). The number of carbonyl (C=O) groups is 3. The van der Waals surface area contributed by atoms with Gasteiger partial charge in [-0.3, -0.25) is 18.9 Å². The minimum atomic E-state index is -0.893. The monoisotopic (exact) mass is 487 g/mol. The number of rotatable bonds is 9. The van der Waals surface area contributed by atoms with Crippen LogP contribution in [0.2, 0.25) is 0 Å². The van der Waals surface area contributed by atoms with Crippen molar-refractivity contribution in [3.8, 4) is 0 Å². The Kier molecular flexibility index (Phi) is 6.41. The number of aromatic amines is 1. The van der Waals surface area contributed by atoms with Crippen LogP contribution in [0.5, 0.6) is 0 Å². The highest BCUT2D eigenvalue weighted by Gasteiger charge is 2.39. The Morgan fingerprint density at radius 1 is 1.11 bits per heavy atom. The van der Waals surface area contributed by atoms with Gasteiger partial charge in [-0.25, -0.2) is 4.79 Å². The van der Waals surface area contributed by atoms with Crippen LogP contribution in [0.4, 0.5) is 4.79 Å². The van der Waals surface area contributed by atoms with Gasteiger partial charge in [-0.05, 0) is 42.5 Å². The van der Waals surface area contributed by atoms with E-state index in [1.165, 1.54) is 4.90 Å². The molecule has 0 spiro atoms. The van der Waals surface area contributed by atoms with Gasteiger partial charge < -0.3 is 15.6 Å². The van der Waals surface area contributed by atoms with Crippen molar-refractivity contribution in [2.75, 3.05) is 6.54 Å². The van der Waals surface area contributed by atoms with Gasteiger partial charge in [0.25, 0.3) is 5.91 Å². The molecule has 4 amide bonds. The van der Waals surface area contributed by atoms with Crippen LogP contribution in [0.1, 0.15) is 44.1 Å². The van der Waals surface area contributed by atoms with Crippen molar-refractivity contribution in [1.29, 1.82) is 0 Å². The minimum Gasteiger partial charge on any atom is -0.361 e. The van der Waals surface area contributed by atoms with Crippen LogP contribution in [0.15, 0.2) is 54.9 Å². The number of pyridine rings is 1. The SMILES string of the molecule is CC(C)C[C@H](NC(=O)C[C@H]1NC(=O)N(CCc2c[nH]c3ccccc23)C1=O)c1nnc2ccccn12. The van der Waals surface area contributed by atoms with Gasteiger partial charge >= 0.3 is 6.03 Å². The molecule has 186 valence electrons. The molecule has 36 heavy (non-hydrogen) atoms. The van der Waals surface area contributed by atoms with E-state index in [0.29, 0.717) is 30.2 Å². The molecule has 4 heterocycles. The van der Waals surface area contributed by atoms with Crippen molar-refractivity contribution >= 4 is 34.4 Å². The molecule has 1 aromatic carbocycles. The number of para-hydroxylation sites is 1. The van der Waals surface area contributed by atoms with E-state index in [4.69, 9.17) is 0 Å². The first kappa shape index (κ1) is 23.5. The number of hydrogen-bond donors (Lipinski definition) is 3. The lowest BCUT2D eigenvalue weighted by Gasteiger charge is -2.20. The second-order valence-electron chi connectivity index (χ2n) is 9.54. The maximum Gasteiger partial charge on any atom is 0.324 e. The third-order valence-corrected chi connectivity index (χ3v) is 6.47. The largest absolute Gasteiger partial charge is 0.361 e. The van der Waals surface area contributed by atoms with Gasteiger partial charge in [-0.15, -0.1) is 10.2 Å². The number of fused-ring (bicyclic) bond motifs is 2. The average Bonchev–Trinajstić information content (AvgIpc) is 3.53. The molecule has 0 bridgehead atoms. The molecule has 1 fully saturated rings. The lowest BCUT2D eigenvalue weighted by atomic mass is 10.0. The van der Waals surface area contributed by atoms with E-state index in [2.05, 4.69) is 39.7 Å². The molecule has 10 nitrogen and oxygen atoms in total. The zero-order chi connectivity index (χ0) is 25.2. The molecule has 0 radical (unpaired) electrons. The van der Waals surface area contributed by atoms with E-state index >= 15 is 0 Å². The van der Waals surface area contributed by atoms with Crippen molar-refractivity contribution in [3.63, 3.8) is 0 Å². The summed E-state index contributed by atoms with van der Waals surface area (Å²) in [6.07, 6.45) is 4.80. The maximum absolute atomic E-state index is 13.0. The van der Waals surface area contributed by atoms with E-state index < -0.39 is 12.1 Å². The van der Waals surface area contributed by atoms with Crippen molar-refractivity contribution in [2.45, 2.75) is 45.2 Å². The first-order chi connectivity index (χ1) is 17.4. The number of imide groups is 1. The number of hydrogen-bond acceptors (Lipinski definition) is 5. The molecule has 1 aliphatic heterocycles. The summed E-state index contributed by atoms with van der Waals surface area (Å²) in [5.74, 6) is 0.211. The predicted molar refractivity (Wildman–Crippen MR) is 134 cm³/mol. The molecule has 0 aliphatic carbocycles. The molecule has 4 aromatic rings. The highest BCUT2D eigenvalue weighted by molar-refractivity contribution is 6.05. The highest BCUT2D eigenvalue weighted by Crippen LogP contribution is 2.22. The normalized spacial score (nSPS) is 16.8. The second kappa shape index (κ2) is 9.80. The van der Waals surface area contributed by atoms with E-state index in [1.54, 1.807) is 0 Å². The molecule has 3 aromatic heterocycles. The Morgan fingerprint density at radius 2 is 1.92 bits per heavy atom. The molecule has 1 saturated heterocycles. The summed E-state index contributed by atoms with van der Waals surface area (Å²) in [6.45, 7) is 4.37. The van der Waals surface area contributed by atoms with Crippen LogP contribution < -0.4 is 10.6 Å². The van der Waals surface area contributed by atoms with Crippen LogP contribution in [-0.4, -0.2) is 54.9 Å². The zero-order valence-electron chi connectivity index (χ0n) is 20.3. The van der Waals surface area contributed by atoms with E-state index in [-0.39, 0.29) is 30.8 Å². The number of urea groups is 1. The molecular weight excluding hydrogens is 458 g/mol. The summed E-state index contributed by atoms with van der Waals surface area (Å²) in [5, 5.41) is 15.2. The maximum atomic E-state index is 13.0. The predicted octanol–water partition coefficient (Wildman–Crippen LogP) is 2.97. The quantitative estimate of drug-likeness (QED) is 0.313. The lowest BCUT2D eigenvalue weighted by molar-refractivity contribution is -0.131. The van der Waals surface area contributed by atoms with Gasteiger partial charge in [-0.2, -0.15) is 0 Å². The van der Waals surface area contributed by atoms with Crippen LogP contribution in [0.3, 0.4) is 0 Å². The minimum absolute atomic E-state index is 0.139. The first-order valence-corrected chi connectivity index (χ1v) is 12.2. The van der Waals surface area contributed by atoms with E-state index in [0.717, 1.165) is 16.5 Å². The Bertz CT molecular complexity index is 1420. The molecule has 0 saturated carbocycles. The fourth-order valence-corrected chi connectivity index (χ4v) is 4.73. The fourth-order valence-electron chi connectivity index (χ4n) is 4.73. The number of amides is 4. The van der Waals surface area contributed by atoms with Crippen LogP contribution >= 0.6 is 0 Å². The summed E-state index contributed by atoms with van der Waals surface area (Å²) in [6, 6.07) is 11.8. The summed E-state index contributed by atoms with van der Waals surface area (Å²) in [5.41, 5.74) is 2.74. The molecule has 1 aliphatic rings. The third kappa shape index (κ3) is 4.66. The van der Waals surface area contributed by atoms with E-state index in [9.17, 15) is 14.4 Å². The molecule has 3 N–H and O–H groups in total. The molecular formula is C26H29N7O3.